The summed E-state index contributed by atoms with van der Waals surface area (Å²) < 4.78 is 5.57. The Kier molecular flexibility index (Phi) is 5.16. The summed E-state index contributed by atoms with van der Waals surface area (Å²) in [5, 5.41) is 5.29. The Balaban J connectivity index is 1.84. The number of carbonyl (C=O) groups excluding carboxylic acids is 1. The zero-order valence-electron chi connectivity index (χ0n) is 10.7. The molecule has 0 aliphatic carbocycles. The topological polar surface area (TPSA) is 41.6 Å². The van der Waals surface area contributed by atoms with Crippen molar-refractivity contribution in [2.45, 2.75) is 26.0 Å². The fourth-order valence-electron chi connectivity index (χ4n) is 2.04. The Morgan fingerprint density at radius 3 is 3.17 bits per heavy atom. The average molecular weight is 268 g/mol. The Labute approximate surface area is 112 Å². The fourth-order valence-corrected chi connectivity index (χ4v) is 2.76. The summed E-state index contributed by atoms with van der Waals surface area (Å²) in [5.41, 5.74) is 0. The van der Waals surface area contributed by atoms with Crippen molar-refractivity contribution in [3.05, 3.63) is 22.4 Å². The first kappa shape index (κ1) is 13.5. The van der Waals surface area contributed by atoms with Crippen LogP contribution in [0.2, 0.25) is 0 Å². The van der Waals surface area contributed by atoms with E-state index in [0.29, 0.717) is 19.6 Å². The van der Waals surface area contributed by atoms with Crippen molar-refractivity contribution < 1.29 is 9.53 Å². The van der Waals surface area contributed by atoms with E-state index in [1.807, 2.05) is 23.3 Å². The number of rotatable bonds is 5. The molecule has 1 unspecified atom stereocenters. The van der Waals surface area contributed by atoms with Crippen molar-refractivity contribution in [3.63, 3.8) is 0 Å². The van der Waals surface area contributed by atoms with E-state index >= 15 is 0 Å². The van der Waals surface area contributed by atoms with E-state index in [4.69, 9.17) is 4.74 Å². The van der Waals surface area contributed by atoms with E-state index in [1.54, 1.807) is 11.3 Å². The summed E-state index contributed by atoms with van der Waals surface area (Å²) in [5.74, 6) is 0.180. The highest BCUT2D eigenvalue weighted by atomic mass is 32.1. The molecule has 1 aliphatic rings. The molecule has 1 amide bonds. The molecular weight excluding hydrogens is 248 g/mol. The minimum absolute atomic E-state index is 0.0311. The van der Waals surface area contributed by atoms with Crippen LogP contribution in [0.3, 0.4) is 0 Å². The van der Waals surface area contributed by atoms with Crippen LogP contribution in [0, 0.1) is 0 Å². The second-order valence-corrected chi connectivity index (χ2v) is 5.42. The summed E-state index contributed by atoms with van der Waals surface area (Å²) in [6, 6.07) is 4.09. The first-order valence-electron chi connectivity index (χ1n) is 6.42. The Morgan fingerprint density at radius 1 is 1.67 bits per heavy atom. The maximum Gasteiger partial charge on any atom is 0.225 e. The van der Waals surface area contributed by atoms with Gasteiger partial charge in [0.05, 0.1) is 25.7 Å². The van der Waals surface area contributed by atoms with Crippen LogP contribution in [0.5, 0.6) is 0 Å². The van der Waals surface area contributed by atoms with Gasteiger partial charge < -0.3 is 15.0 Å². The van der Waals surface area contributed by atoms with Gasteiger partial charge in [0.1, 0.15) is 0 Å². The third-order valence-electron chi connectivity index (χ3n) is 3.07. The first-order chi connectivity index (χ1) is 8.79. The molecule has 1 fully saturated rings. The second kappa shape index (κ2) is 6.87. The molecular formula is C13H20N2O2S. The molecule has 100 valence electrons. The van der Waals surface area contributed by atoms with Crippen molar-refractivity contribution in [1.29, 1.82) is 0 Å². The van der Waals surface area contributed by atoms with E-state index in [2.05, 4.69) is 11.4 Å². The second-order valence-electron chi connectivity index (χ2n) is 4.39. The van der Waals surface area contributed by atoms with Crippen LogP contribution < -0.4 is 5.32 Å². The number of hydrogen-bond acceptors (Lipinski definition) is 4. The zero-order valence-corrected chi connectivity index (χ0v) is 11.5. The molecule has 0 aromatic carbocycles. The minimum atomic E-state index is 0.0311. The van der Waals surface area contributed by atoms with Crippen LogP contribution in [0.1, 0.15) is 18.2 Å². The maximum absolute atomic E-state index is 12.2. The van der Waals surface area contributed by atoms with Crippen molar-refractivity contribution >= 4 is 17.2 Å². The van der Waals surface area contributed by atoms with Crippen LogP contribution in [0.4, 0.5) is 0 Å². The summed E-state index contributed by atoms with van der Waals surface area (Å²) in [6.45, 7) is 5.85. The highest BCUT2D eigenvalue weighted by Crippen LogP contribution is 2.13. The van der Waals surface area contributed by atoms with Crippen LogP contribution in [0.15, 0.2) is 17.5 Å². The molecule has 2 rings (SSSR count). The van der Waals surface area contributed by atoms with E-state index in [1.165, 1.54) is 4.88 Å². The number of nitrogens with one attached hydrogen (secondary N) is 1. The minimum Gasteiger partial charge on any atom is -0.375 e. The average Bonchev–Trinajstić information content (AvgIpc) is 2.90. The largest absolute Gasteiger partial charge is 0.375 e. The summed E-state index contributed by atoms with van der Waals surface area (Å²) >= 11 is 1.69. The van der Waals surface area contributed by atoms with Gasteiger partial charge in [0.25, 0.3) is 0 Å². The molecule has 4 nitrogen and oxygen atoms in total. The number of morpholine rings is 1. The van der Waals surface area contributed by atoms with Gasteiger partial charge in [0, 0.05) is 24.5 Å². The third kappa shape index (κ3) is 3.80. The number of carbonyl (C=O) groups is 1. The molecule has 1 aliphatic heterocycles. The molecule has 1 aromatic heterocycles. The summed E-state index contributed by atoms with van der Waals surface area (Å²) in [6.07, 6.45) is 0.510. The van der Waals surface area contributed by atoms with Gasteiger partial charge in [0.15, 0.2) is 0 Å². The number of hydrogen-bond donors (Lipinski definition) is 1. The van der Waals surface area contributed by atoms with Gasteiger partial charge in [-0.2, -0.15) is 0 Å². The van der Waals surface area contributed by atoms with Gasteiger partial charge in [-0.1, -0.05) is 6.07 Å². The molecule has 0 saturated carbocycles. The molecule has 1 N–H and O–H groups in total. The van der Waals surface area contributed by atoms with Gasteiger partial charge in [0.2, 0.25) is 5.91 Å². The lowest BCUT2D eigenvalue weighted by Crippen LogP contribution is -2.42. The highest BCUT2D eigenvalue weighted by Gasteiger charge is 2.20. The lowest BCUT2D eigenvalue weighted by molar-refractivity contribution is -0.135. The Morgan fingerprint density at radius 2 is 2.56 bits per heavy atom. The maximum atomic E-state index is 12.2. The normalized spacial score (nSPS) is 19.7. The predicted molar refractivity (Wildman–Crippen MR) is 72.6 cm³/mol. The zero-order chi connectivity index (χ0) is 12.8. The van der Waals surface area contributed by atoms with E-state index in [9.17, 15) is 4.79 Å². The SMILES string of the molecule is CCN(Cc1cccs1)C(=O)CC1CNCCO1. The Hall–Kier alpha value is -0.910. The fraction of sp³-hybridized carbons (Fsp3) is 0.615. The van der Waals surface area contributed by atoms with E-state index in [-0.39, 0.29) is 12.0 Å². The standard InChI is InChI=1S/C13H20N2O2S/c1-2-15(10-12-4-3-7-18-12)13(16)8-11-9-14-5-6-17-11/h3-4,7,11,14H,2,5-6,8-10H2,1H3. The van der Waals surface area contributed by atoms with Gasteiger partial charge in [-0.15, -0.1) is 11.3 Å². The summed E-state index contributed by atoms with van der Waals surface area (Å²) in [4.78, 5) is 15.3. The van der Waals surface area contributed by atoms with E-state index < -0.39 is 0 Å². The van der Waals surface area contributed by atoms with Crippen LogP contribution >= 0.6 is 11.3 Å². The molecule has 0 bridgehead atoms. The molecule has 1 saturated heterocycles. The van der Waals surface area contributed by atoms with Crippen LogP contribution in [0.25, 0.3) is 0 Å². The smallest absolute Gasteiger partial charge is 0.225 e. The number of amides is 1. The molecule has 18 heavy (non-hydrogen) atoms. The number of ether oxygens (including phenoxy) is 1. The van der Waals surface area contributed by atoms with Crippen LogP contribution in [-0.2, 0) is 16.1 Å². The molecule has 1 atom stereocenters. The van der Waals surface area contributed by atoms with Crippen LogP contribution in [-0.4, -0.2) is 43.2 Å². The molecule has 0 radical (unpaired) electrons. The summed E-state index contributed by atoms with van der Waals surface area (Å²) in [7, 11) is 0. The van der Waals surface area contributed by atoms with Gasteiger partial charge in [-0.05, 0) is 18.4 Å². The van der Waals surface area contributed by atoms with Gasteiger partial charge in [-0.3, -0.25) is 4.79 Å². The molecule has 1 aromatic rings. The third-order valence-corrected chi connectivity index (χ3v) is 3.93. The molecule has 5 heteroatoms. The first-order valence-corrected chi connectivity index (χ1v) is 7.30. The molecule has 2 heterocycles. The van der Waals surface area contributed by atoms with Crippen molar-refractivity contribution in [1.82, 2.24) is 10.2 Å². The quantitative estimate of drug-likeness (QED) is 0.879. The highest BCUT2D eigenvalue weighted by molar-refractivity contribution is 7.09. The number of nitrogens with zero attached hydrogens (tertiary/aromatic N) is 1. The van der Waals surface area contributed by atoms with Gasteiger partial charge in [-0.25, -0.2) is 0 Å². The van der Waals surface area contributed by atoms with E-state index in [0.717, 1.165) is 19.6 Å². The lowest BCUT2D eigenvalue weighted by atomic mass is 10.2. The van der Waals surface area contributed by atoms with Crippen molar-refractivity contribution in [3.8, 4) is 0 Å². The predicted octanol–water partition coefficient (Wildman–Crippen LogP) is 1.48. The molecule has 0 spiro atoms. The van der Waals surface area contributed by atoms with Crippen molar-refractivity contribution in [2.24, 2.45) is 0 Å². The lowest BCUT2D eigenvalue weighted by Gasteiger charge is -2.26. The Bertz CT molecular complexity index is 361. The monoisotopic (exact) mass is 268 g/mol. The number of thiophene rings is 1. The van der Waals surface area contributed by atoms with Crippen molar-refractivity contribution in [2.75, 3.05) is 26.2 Å². The van der Waals surface area contributed by atoms with Gasteiger partial charge >= 0.3 is 0 Å².